The minimum atomic E-state index is -0.438. The third-order valence-electron chi connectivity index (χ3n) is 1.61. The van der Waals surface area contributed by atoms with Gasteiger partial charge in [0.25, 0.3) is 0 Å². The molecule has 0 saturated carbocycles. The van der Waals surface area contributed by atoms with E-state index in [1.54, 1.807) is 11.7 Å². The van der Waals surface area contributed by atoms with E-state index in [2.05, 4.69) is 31.1 Å². The Morgan fingerprint density at radius 2 is 2.31 bits per heavy atom. The Kier molecular flexibility index (Phi) is 3.41. The average molecular weight is 200 g/mol. The standard InChI is InChI=1S/C9H16N2OS/c1-9(2,3)11-4-7(12)8-5-10-6-13-8/h5-7,11-12H,4H2,1-3H3/t7-/m0/s1. The van der Waals surface area contributed by atoms with Gasteiger partial charge in [-0.3, -0.25) is 4.98 Å². The zero-order valence-corrected chi connectivity index (χ0v) is 9.06. The van der Waals surface area contributed by atoms with Crippen molar-refractivity contribution < 1.29 is 5.11 Å². The normalized spacial score (nSPS) is 14.5. The van der Waals surface area contributed by atoms with Crippen molar-refractivity contribution >= 4 is 11.3 Å². The molecule has 0 fully saturated rings. The third kappa shape index (κ3) is 3.85. The number of aromatic nitrogens is 1. The summed E-state index contributed by atoms with van der Waals surface area (Å²) in [6, 6.07) is 0. The average Bonchev–Trinajstić information content (AvgIpc) is 2.50. The van der Waals surface area contributed by atoms with Gasteiger partial charge in [0, 0.05) is 18.3 Å². The Morgan fingerprint density at radius 3 is 2.77 bits per heavy atom. The molecule has 0 aliphatic carbocycles. The van der Waals surface area contributed by atoms with Gasteiger partial charge in [-0.25, -0.2) is 0 Å². The van der Waals surface area contributed by atoms with Gasteiger partial charge in [0.05, 0.1) is 10.4 Å². The van der Waals surface area contributed by atoms with E-state index in [-0.39, 0.29) is 5.54 Å². The number of hydrogen-bond acceptors (Lipinski definition) is 4. The van der Waals surface area contributed by atoms with Crippen molar-refractivity contribution in [3.05, 3.63) is 16.6 Å². The summed E-state index contributed by atoms with van der Waals surface area (Å²) in [4.78, 5) is 4.83. The van der Waals surface area contributed by atoms with Crippen LogP contribution in [0.4, 0.5) is 0 Å². The summed E-state index contributed by atoms with van der Waals surface area (Å²) in [7, 11) is 0. The van der Waals surface area contributed by atoms with Gasteiger partial charge >= 0.3 is 0 Å². The lowest BCUT2D eigenvalue weighted by atomic mass is 10.1. The van der Waals surface area contributed by atoms with Crippen molar-refractivity contribution in [2.24, 2.45) is 0 Å². The maximum absolute atomic E-state index is 9.68. The molecule has 0 aliphatic heterocycles. The predicted molar refractivity (Wildman–Crippen MR) is 54.8 cm³/mol. The summed E-state index contributed by atoms with van der Waals surface area (Å²) in [5.41, 5.74) is 1.78. The fraction of sp³-hybridized carbons (Fsp3) is 0.667. The lowest BCUT2D eigenvalue weighted by molar-refractivity contribution is 0.166. The second-order valence-electron chi connectivity index (χ2n) is 4.05. The van der Waals surface area contributed by atoms with Crippen molar-refractivity contribution in [3.63, 3.8) is 0 Å². The van der Waals surface area contributed by atoms with Crippen LogP contribution in [0.15, 0.2) is 11.7 Å². The molecule has 74 valence electrons. The van der Waals surface area contributed by atoms with Gasteiger partial charge in [0.2, 0.25) is 0 Å². The van der Waals surface area contributed by atoms with E-state index in [0.717, 1.165) is 4.88 Å². The van der Waals surface area contributed by atoms with Crippen LogP contribution >= 0.6 is 11.3 Å². The molecule has 0 radical (unpaired) electrons. The van der Waals surface area contributed by atoms with Gasteiger partial charge < -0.3 is 10.4 Å². The van der Waals surface area contributed by atoms with Crippen molar-refractivity contribution in [2.75, 3.05) is 6.54 Å². The van der Waals surface area contributed by atoms with Crippen LogP contribution in [0.5, 0.6) is 0 Å². The topological polar surface area (TPSA) is 45.1 Å². The number of β-amino-alcohol motifs (C(OH)–C–C–N with tert-alkyl or cyclic N) is 1. The monoisotopic (exact) mass is 200 g/mol. The first-order chi connectivity index (χ1) is 5.99. The molecular formula is C9H16N2OS. The predicted octanol–water partition coefficient (Wildman–Crippen LogP) is 1.56. The summed E-state index contributed by atoms with van der Waals surface area (Å²) >= 11 is 1.48. The minimum Gasteiger partial charge on any atom is -0.386 e. The van der Waals surface area contributed by atoms with Crippen molar-refractivity contribution in [1.82, 2.24) is 10.3 Å². The van der Waals surface area contributed by atoms with Gasteiger partial charge in [0.15, 0.2) is 0 Å². The highest BCUT2D eigenvalue weighted by molar-refractivity contribution is 7.09. The first kappa shape index (κ1) is 10.6. The number of nitrogens with zero attached hydrogens (tertiary/aromatic N) is 1. The lowest BCUT2D eigenvalue weighted by Crippen LogP contribution is -2.38. The zero-order chi connectivity index (χ0) is 9.90. The number of hydrogen-bond donors (Lipinski definition) is 2. The molecule has 0 saturated heterocycles. The molecule has 1 aromatic rings. The van der Waals surface area contributed by atoms with Crippen molar-refractivity contribution in [2.45, 2.75) is 32.4 Å². The summed E-state index contributed by atoms with van der Waals surface area (Å²) < 4.78 is 0. The molecule has 1 aromatic heterocycles. The van der Waals surface area contributed by atoms with E-state index >= 15 is 0 Å². The summed E-state index contributed by atoms with van der Waals surface area (Å²) in [5, 5.41) is 12.9. The quantitative estimate of drug-likeness (QED) is 0.778. The molecule has 4 heteroatoms. The Labute approximate surface area is 82.8 Å². The molecule has 0 spiro atoms. The largest absolute Gasteiger partial charge is 0.386 e. The highest BCUT2D eigenvalue weighted by Crippen LogP contribution is 2.16. The summed E-state index contributed by atoms with van der Waals surface area (Å²) in [6.45, 7) is 6.80. The van der Waals surface area contributed by atoms with Crippen LogP contribution in [0.3, 0.4) is 0 Å². The van der Waals surface area contributed by atoms with Crippen LogP contribution < -0.4 is 5.32 Å². The van der Waals surface area contributed by atoms with E-state index in [9.17, 15) is 5.11 Å². The van der Waals surface area contributed by atoms with Crippen LogP contribution in [-0.2, 0) is 0 Å². The van der Waals surface area contributed by atoms with Gasteiger partial charge in [-0.15, -0.1) is 11.3 Å². The van der Waals surface area contributed by atoms with E-state index < -0.39 is 6.10 Å². The molecule has 0 aromatic carbocycles. The maximum atomic E-state index is 9.68. The molecule has 0 amide bonds. The van der Waals surface area contributed by atoms with E-state index in [1.165, 1.54) is 11.3 Å². The zero-order valence-electron chi connectivity index (χ0n) is 8.24. The minimum absolute atomic E-state index is 0.0473. The Balaban J connectivity index is 2.39. The molecule has 0 unspecified atom stereocenters. The molecular weight excluding hydrogens is 184 g/mol. The van der Waals surface area contributed by atoms with Gasteiger partial charge in [-0.05, 0) is 20.8 Å². The third-order valence-corrected chi connectivity index (χ3v) is 2.48. The van der Waals surface area contributed by atoms with Crippen molar-refractivity contribution in [1.29, 1.82) is 0 Å². The molecule has 3 nitrogen and oxygen atoms in total. The molecule has 13 heavy (non-hydrogen) atoms. The highest BCUT2D eigenvalue weighted by atomic mass is 32.1. The molecule has 2 N–H and O–H groups in total. The molecule has 0 aliphatic rings. The van der Waals surface area contributed by atoms with Gasteiger partial charge in [-0.1, -0.05) is 0 Å². The highest BCUT2D eigenvalue weighted by Gasteiger charge is 2.14. The molecule has 1 heterocycles. The number of rotatable bonds is 3. The SMILES string of the molecule is CC(C)(C)NC[C@H](O)c1cncs1. The number of thiazole rings is 1. The first-order valence-corrected chi connectivity index (χ1v) is 5.18. The van der Waals surface area contributed by atoms with Crippen LogP contribution in [0.1, 0.15) is 31.8 Å². The van der Waals surface area contributed by atoms with E-state index in [4.69, 9.17) is 0 Å². The second-order valence-corrected chi connectivity index (χ2v) is 4.97. The molecule has 1 atom stereocenters. The van der Waals surface area contributed by atoms with E-state index in [1.807, 2.05) is 0 Å². The first-order valence-electron chi connectivity index (χ1n) is 4.30. The maximum Gasteiger partial charge on any atom is 0.102 e. The Bertz CT molecular complexity index is 241. The summed E-state index contributed by atoms with van der Waals surface area (Å²) in [5.74, 6) is 0. The fourth-order valence-electron chi connectivity index (χ4n) is 0.894. The molecule has 0 bridgehead atoms. The smallest absolute Gasteiger partial charge is 0.102 e. The van der Waals surface area contributed by atoms with Crippen LogP contribution in [-0.4, -0.2) is 22.2 Å². The Morgan fingerprint density at radius 1 is 1.62 bits per heavy atom. The second kappa shape index (κ2) is 4.17. The lowest BCUT2D eigenvalue weighted by Gasteiger charge is -2.22. The van der Waals surface area contributed by atoms with Crippen molar-refractivity contribution in [3.8, 4) is 0 Å². The van der Waals surface area contributed by atoms with E-state index in [0.29, 0.717) is 6.54 Å². The van der Waals surface area contributed by atoms with Crippen LogP contribution in [0.2, 0.25) is 0 Å². The van der Waals surface area contributed by atoms with Gasteiger partial charge in [0.1, 0.15) is 6.10 Å². The Hall–Kier alpha value is -0.450. The van der Waals surface area contributed by atoms with Crippen LogP contribution in [0, 0.1) is 0 Å². The summed E-state index contributed by atoms with van der Waals surface area (Å²) in [6.07, 6.45) is 1.27. The number of aliphatic hydroxyl groups excluding tert-OH is 1. The van der Waals surface area contributed by atoms with Gasteiger partial charge in [-0.2, -0.15) is 0 Å². The molecule has 1 rings (SSSR count). The number of nitrogens with one attached hydrogen (secondary N) is 1. The van der Waals surface area contributed by atoms with Crippen LogP contribution in [0.25, 0.3) is 0 Å². The fourth-order valence-corrected chi connectivity index (χ4v) is 1.50. The number of aliphatic hydroxyl groups is 1.